The molecule has 1 aromatic carbocycles. The second-order valence-corrected chi connectivity index (χ2v) is 5.16. The van der Waals surface area contributed by atoms with Gasteiger partial charge in [0.25, 0.3) is 0 Å². The highest BCUT2D eigenvalue weighted by molar-refractivity contribution is 5.41. The molecule has 0 aliphatic heterocycles. The minimum Gasteiger partial charge on any atom is -0.328 e. The molecular weight excluding hydrogens is 182 g/mol. The van der Waals surface area contributed by atoms with Crippen molar-refractivity contribution in [1.29, 1.82) is 0 Å². The van der Waals surface area contributed by atoms with E-state index in [-0.39, 0.29) is 0 Å². The molecule has 0 radical (unpaired) electrons. The summed E-state index contributed by atoms with van der Waals surface area (Å²) >= 11 is 0. The molecule has 1 nitrogen and oxygen atoms in total. The summed E-state index contributed by atoms with van der Waals surface area (Å²) in [6.07, 6.45) is 1.28. The van der Waals surface area contributed by atoms with Gasteiger partial charge in [-0.2, -0.15) is 0 Å². The summed E-state index contributed by atoms with van der Waals surface area (Å²) in [4.78, 5) is 0. The summed E-state index contributed by atoms with van der Waals surface area (Å²) in [6.45, 7) is 8.73. The Morgan fingerprint density at radius 3 is 2.27 bits per heavy atom. The lowest BCUT2D eigenvalue weighted by Gasteiger charge is -2.10. The van der Waals surface area contributed by atoms with E-state index in [0.717, 1.165) is 5.92 Å². The molecule has 2 rings (SSSR count). The maximum absolute atomic E-state index is 5.94. The summed E-state index contributed by atoms with van der Waals surface area (Å²) in [5, 5.41) is 0. The van der Waals surface area contributed by atoms with Gasteiger partial charge in [0.05, 0.1) is 0 Å². The van der Waals surface area contributed by atoms with Crippen molar-refractivity contribution in [3.05, 3.63) is 34.4 Å². The molecular formula is C14H21N. The Morgan fingerprint density at radius 1 is 1.13 bits per heavy atom. The van der Waals surface area contributed by atoms with Crippen LogP contribution in [0.3, 0.4) is 0 Å². The summed E-state index contributed by atoms with van der Waals surface area (Å²) < 4.78 is 0. The van der Waals surface area contributed by atoms with Gasteiger partial charge in [-0.15, -0.1) is 0 Å². The fraction of sp³-hybridized carbons (Fsp3) is 0.571. The standard InChI is InChI=1S/C14H21N/c1-8-5-10(3)12(6-9(8)2)14-7-13(14)11(4)15/h5-6,11,13-14H,7,15H2,1-4H3. The van der Waals surface area contributed by atoms with Crippen LogP contribution in [0.15, 0.2) is 12.1 Å². The van der Waals surface area contributed by atoms with E-state index < -0.39 is 0 Å². The Balaban J connectivity index is 2.27. The van der Waals surface area contributed by atoms with Crippen molar-refractivity contribution in [2.24, 2.45) is 11.7 Å². The average molecular weight is 203 g/mol. The fourth-order valence-corrected chi connectivity index (χ4v) is 2.54. The zero-order valence-corrected chi connectivity index (χ0v) is 10.2. The molecule has 3 unspecified atom stereocenters. The SMILES string of the molecule is Cc1cc(C)c(C2CC2C(C)N)cc1C. The van der Waals surface area contributed by atoms with Crippen LogP contribution in [0.1, 0.15) is 41.5 Å². The highest BCUT2D eigenvalue weighted by Crippen LogP contribution is 2.50. The van der Waals surface area contributed by atoms with Crippen LogP contribution in [0.5, 0.6) is 0 Å². The second-order valence-electron chi connectivity index (χ2n) is 5.16. The molecule has 0 bridgehead atoms. The maximum Gasteiger partial charge on any atom is 0.00448 e. The van der Waals surface area contributed by atoms with Crippen molar-refractivity contribution in [3.8, 4) is 0 Å². The topological polar surface area (TPSA) is 26.0 Å². The summed E-state index contributed by atoms with van der Waals surface area (Å²) in [7, 11) is 0. The van der Waals surface area contributed by atoms with Crippen LogP contribution in [-0.2, 0) is 0 Å². The van der Waals surface area contributed by atoms with Gasteiger partial charge in [0.1, 0.15) is 0 Å². The van der Waals surface area contributed by atoms with E-state index in [1.807, 2.05) is 0 Å². The van der Waals surface area contributed by atoms with Crippen LogP contribution in [0.4, 0.5) is 0 Å². The van der Waals surface area contributed by atoms with Gasteiger partial charge in [-0.3, -0.25) is 0 Å². The molecule has 0 heterocycles. The Morgan fingerprint density at radius 2 is 1.73 bits per heavy atom. The fourth-order valence-electron chi connectivity index (χ4n) is 2.54. The van der Waals surface area contributed by atoms with E-state index in [1.165, 1.54) is 28.7 Å². The van der Waals surface area contributed by atoms with Crippen molar-refractivity contribution < 1.29 is 0 Å². The molecule has 1 aliphatic rings. The monoisotopic (exact) mass is 203 g/mol. The predicted molar refractivity (Wildman–Crippen MR) is 65.2 cm³/mol. The zero-order chi connectivity index (χ0) is 11.2. The summed E-state index contributed by atoms with van der Waals surface area (Å²) in [6, 6.07) is 5.01. The van der Waals surface area contributed by atoms with Gasteiger partial charge in [-0.05, 0) is 68.2 Å². The first-order valence-corrected chi connectivity index (χ1v) is 5.84. The quantitative estimate of drug-likeness (QED) is 0.785. The lowest BCUT2D eigenvalue weighted by molar-refractivity contribution is 0.631. The normalized spacial score (nSPS) is 26.5. The minimum atomic E-state index is 0.344. The van der Waals surface area contributed by atoms with E-state index in [2.05, 4.69) is 39.8 Å². The average Bonchev–Trinajstić information content (AvgIpc) is 2.90. The minimum absolute atomic E-state index is 0.344. The molecule has 3 atom stereocenters. The first-order chi connectivity index (χ1) is 7.00. The van der Waals surface area contributed by atoms with Gasteiger partial charge >= 0.3 is 0 Å². The van der Waals surface area contributed by atoms with Crippen LogP contribution in [0, 0.1) is 26.7 Å². The zero-order valence-electron chi connectivity index (χ0n) is 10.2. The Labute approximate surface area is 92.7 Å². The molecule has 0 aromatic heterocycles. The van der Waals surface area contributed by atoms with E-state index >= 15 is 0 Å². The maximum atomic E-state index is 5.94. The van der Waals surface area contributed by atoms with Gasteiger partial charge in [0.2, 0.25) is 0 Å². The number of nitrogens with two attached hydrogens (primary N) is 1. The van der Waals surface area contributed by atoms with Crippen molar-refractivity contribution in [1.82, 2.24) is 0 Å². The third-order valence-electron chi connectivity index (χ3n) is 3.80. The van der Waals surface area contributed by atoms with Gasteiger partial charge in [0.15, 0.2) is 0 Å². The van der Waals surface area contributed by atoms with Gasteiger partial charge in [-0.25, -0.2) is 0 Å². The van der Waals surface area contributed by atoms with E-state index in [9.17, 15) is 0 Å². The van der Waals surface area contributed by atoms with Gasteiger partial charge in [-0.1, -0.05) is 12.1 Å². The van der Waals surface area contributed by atoms with Gasteiger partial charge < -0.3 is 5.73 Å². The second kappa shape index (κ2) is 3.64. The van der Waals surface area contributed by atoms with Crippen LogP contribution in [-0.4, -0.2) is 6.04 Å². The van der Waals surface area contributed by atoms with E-state index in [0.29, 0.717) is 12.0 Å². The van der Waals surface area contributed by atoms with E-state index in [1.54, 1.807) is 0 Å². The highest BCUT2D eigenvalue weighted by atomic mass is 14.7. The number of benzene rings is 1. The number of aryl methyl sites for hydroxylation is 3. The highest BCUT2D eigenvalue weighted by Gasteiger charge is 2.41. The number of hydrogen-bond acceptors (Lipinski definition) is 1. The largest absolute Gasteiger partial charge is 0.328 e. The molecule has 0 saturated heterocycles. The predicted octanol–water partition coefficient (Wildman–Crippen LogP) is 3.06. The lowest BCUT2D eigenvalue weighted by Crippen LogP contribution is -2.18. The number of hydrogen-bond donors (Lipinski definition) is 1. The molecule has 1 saturated carbocycles. The summed E-state index contributed by atoms with van der Waals surface area (Å²) in [5.41, 5.74) is 11.7. The van der Waals surface area contributed by atoms with Crippen LogP contribution in [0.25, 0.3) is 0 Å². The Hall–Kier alpha value is -0.820. The smallest absolute Gasteiger partial charge is 0.00448 e. The molecule has 0 amide bonds. The van der Waals surface area contributed by atoms with Crippen molar-refractivity contribution in [2.45, 2.75) is 46.1 Å². The van der Waals surface area contributed by atoms with E-state index in [4.69, 9.17) is 5.73 Å². The van der Waals surface area contributed by atoms with Crippen molar-refractivity contribution in [3.63, 3.8) is 0 Å². The van der Waals surface area contributed by atoms with Gasteiger partial charge in [0, 0.05) is 6.04 Å². The molecule has 2 N–H and O–H groups in total. The van der Waals surface area contributed by atoms with Crippen molar-refractivity contribution in [2.75, 3.05) is 0 Å². The molecule has 15 heavy (non-hydrogen) atoms. The van der Waals surface area contributed by atoms with Crippen LogP contribution in [0.2, 0.25) is 0 Å². The van der Waals surface area contributed by atoms with Crippen molar-refractivity contribution >= 4 is 0 Å². The first kappa shape index (κ1) is 10.7. The first-order valence-electron chi connectivity index (χ1n) is 5.84. The molecule has 82 valence electrons. The van der Waals surface area contributed by atoms with Crippen LogP contribution >= 0.6 is 0 Å². The molecule has 1 heteroatoms. The molecule has 1 aliphatic carbocycles. The van der Waals surface area contributed by atoms with Crippen LogP contribution < -0.4 is 5.73 Å². The number of rotatable bonds is 2. The lowest BCUT2D eigenvalue weighted by atomic mass is 9.96. The molecule has 1 aromatic rings. The Bertz CT molecular complexity index is 379. The summed E-state index contributed by atoms with van der Waals surface area (Å²) in [5.74, 6) is 1.44. The Kier molecular flexibility index (Phi) is 2.59. The third kappa shape index (κ3) is 1.93. The molecule has 0 spiro atoms. The third-order valence-corrected chi connectivity index (χ3v) is 3.80. The molecule has 1 fully saturated rings.